The Labute approximate surface area is 113 Å². The molecule has 1 aromatic carbocycles. The molecule has 0 saturated carbocycles. The van der Waals surface area contributed by atoms with Crippen LogP contribution in [-0.2, 0) is 6.18 Å². The highest BCUT2D eigenvalue weighted by atomic mass is 19.4. The summed E-state index contributed by atoms with van der Waals surface area (Å²) in [5.74, 6) is 0. The Kier molecular flexibility index (Phi) is 2.93. The number of para-hydroxylation sites is 2. The van der Waals surface area contributed by atoms with E-state index in [2.05, 4.69) is 9.98 Å². The largest absolute Gasteiger partial charge is 0.435 e. The van der Waals surface area contributed by atoms with E-state index in [-0.39, 0.29) is 12.2 Å². The summed E-state index contributed by atoms with van der Waals surface area (Å²) < 4.78 is 39.2. The molecule has 0 amide bonds. The number of fused-ring (bicyclic) bond motifs is 1. The molecule has 2 heterocycles. The zero-order valence-corrected chi connectivity index (χ0v) is 10.3. The van der Waals surface area contributed by atoms with E-state index < -0.39 is 11.9 Å². The van der Waals surface area contributed by atoms with Gasteiger partial charge in [0.2, 0.25) is 0 Å². The Morgan fingerprint density at radius 2 is 1.75 bits per heavy atom. The first-order chi connectivity index (χ1) is 9.57. The number of hydrogen-bond acceptors (Lipinski definition) is 3. The fourth-order valence-electron chi connectivity index (χ4n) is 2.18. The highest BCUT2D eigenvalue weighted by Gasteiger charge is 2.37. The third kappa shape index (κ3) is 2.13. The van der Waals surface area contributed by atoms with Gasteiger partial charge in [-0.2, -0.15) is 13.2 Å². The van der Waals surface area contributed by atoms with Gasteiger partial charge in [-0.05, 0) is 24.3 Å². The van der Waals surface area contributed by atoms with Crippen molar-refractivity contribution in [1.82, 2.24) is 4.98 Å². The Bertz CT molecular complexity index is 665. The molecule has 1 aliphatic heterocycles. The van der Waals surface area contributed by atoms with E-state index in [0.29, 0.717) is 11.4 Å². The highest BCUT2D eigenvalue weighted by Crippen LogP contribution is 2.41. The average Bonchev–Trinajstić information content (AvgIpc) is 2.46. The average molecular weight is 277 g/mol. The number of benzene rings is 1. The minimum Gasteiger partial charge on any atom is -0.333 e. The van der Waals surface area contributed by atoms with Crippen LogP contribution < -0.4 is 4.90 Å². The van der Waals surface area contributed by atoms with Crippen LogP contribution in [-0.4, -0.2) is 17.7 Å². The number of alkyl halides is 3. The Hall–Kier alpha value is -2.37. The Balaban J connectivity index is 2.14. The lowest BCUT2D eigenvalue weighted by molar-refractivity contribution is -0.140. The smallest absolute Gasteiger partial charge is 0.333 e. The third-order valence-corrected chi connectivity index (χ3v) is 3.01. The lowest BCUT2D eigenvalue weighted by Crippen LogP contribution is -2.25. The van der Waals surface area contributed by atoms with Gasteiger partial charge in [0.25, 0.3) is 0 Å². The molecule has 3 rings (SSSR count). The number of hydrogen-bond donors (Lipinski definition) is 0. The maximum Gasteiger partial charge on any atom is 0.435 e. The Morgan fingerprint density at radius 3 is 2.55 bits per heavy atom. The molecule has 0 saturated heterocycles. The van der Waals surface area contributed by atoms with Gasteiger partial charge in [-0.1, -0.05) is 12.1 Å². The second kappa shape index (κ2) is 4.63. The summed E-state index contributed by atoms with van der Waals surface area (Å²) in [5.41, 5.74) is 0.452. The molecule has 0 atom stereocenters. The van der Waals surface area contributed by atoms with E-state index >= 15 is 0 Å². The number of nitrogens with zero attached hydrogens (tertiary/aromatic N) is 3. The summed E-state index contributed by atoms with van der Waals surface area (Å²) in [6.07, 6.45) is -1.74. The van der Waals surface area contributed by atoms with Crippen molar-refractivity contribution in [3.8, 4) is 0 Å². The standard InChI is InChI=1S/C14H10F3N3/c15-14(16,17)13-12(6-3-7-19-13)20-9-8-18-10-4-1-2-5-11(10)20/h1-8H,9H2. The van der Waals surface area contributed by atoms with Crippen LogP contribution in [0.2, 0.25) is 0 Å². The molecule has 0 unspecified atom stereocenters. The molecule has 102 valence electrons. The Morgan fingerprint density at radius 1 is 1.00 bits per heavy atom. The van der Waals surface area contributed by atoms with Crippen LogP contribution >= 0.6 is 0 Å². The summed E-state index contributed by atoms with van der Waals surface area (Å²) in [6.45, 7) is 0.284. The van der Waals surface area contributed by atoms with E-state index in [4.69, 9.17) is 0 Å². The zero-order chi connectivity index (χ0) is 14.2. The van der Waals surface area contributed by atoms with Crippen LogP contribution in [0, 0.1) is 0 Å². The second-order valence-corrected chi connectivity index (χ2v) is 4.28. The summed E-state index contributed by atoms with van der Waals surface area (Å²) >= 11 is 0. The maximum absolute atomic E-state index is 13.1. The molecule has 0 aliphatic carbocycles. The molecule has 0 radical (unpaired) electrons. The van der Waals surface area contributed by atoms with Crippen LogP contribution in [0.25, 0.3) is 0 Å². The number of pyridine rings is 1. The first-order valence-corrected chi connectivity index (χ1v) is 5.98. The maximum atomic E-state index is 13.1. The molecular weight excluding hydrogens is 267 g/mol. The van der Waals surface area contributed by atoms with Gasteiger partial charge in [0, 0.05) is 12.4 Å². The van der Waals surface area contributed by atoms with Crippen molar-refractivity contribution < 1.29 is 13.2 Å². The van der Waals surface area contributed by atoms with Crippen LogP contribution in [0.4, 0.5) is 30.2 Å². The molecule has 0 fully saturated rings. The van der Waals surface area contributed by atoms with Crippen molar-refractivity contribution in [2.24, 2.45) is 4.99 Å². The molecule has 20 heavy (non-hydrogen) atoms. The molecule has 1 aromatic heterocycles. The quantitative estimate of drug-likeness (QED) is 0.789. The second-order valence-electron chi connectivity index (χ2n) is 4.28. The predicted octanol–water partition coefficient (Wildman–Crippen LogP) is 3.95. The number of aliphatic imine (C=N–C) groups is 1. The van der Waals surface area contributed by atoms with Gasteiger partial charge < -0.3 is 4.90 Å². The first-order valence-electron chi connectivity index (χ1n) is 5.98. The molecule has 0 spiro atoms. The minimum absolute atomic E-state index is 0.0404. The summed E-state index contributed by atoms with van der Waals surface area (Å²) in [4.78, 5) is 9.25. The highest BCUT2D eigenvalue weighted by molar-refractivity contribution is 5.86. The normalized spacial score (nSPS) is 14.2. The van der Waals surface area contributed by atoms with E-state index in [1.807, 2.05) is 0 Å². The van der Waals surface area contributed by atoms with E-state index in [0.717, 1.165) is 6.20 Å². The lowest BCUT2D eigenvalue weighted by Gasteiger charge is -2.29. The number of aromatic nitrogens is 1. The molecule has 0 N–H and O–H groups in total. The van der Waals surface area contributed by atoms with Crippen LogP contribution in [0.3, 0.4) is 0 Å². The van der Waals surface area contributed by atoms with Gasteiger partial charge in [0.15, 0.2) is 5.69 Å². The van der Waals surface area contributed by atoms with Crippen molar-refractivity contribution >= 4 is 23.3 Å². The van der Waals surface area contributed by atoms with Crippen LogP contribution in [0.5, 0.6) is 0 Å². The van der Waals surface area contributed by atoms with Gasteiger partial charge in [-0.25, -0.2) is 4.98 Å². The fourth-order valence-corrected chi connectivity index (χ4v) is 2.18. The summed E-state index contributed by atoms with van der Waals surface area (Å²) in [5, 5.41) is 0. The summed E-state index contributed by atoms with van der Waals surface area (Å²) in [7, 11) is 0. The van der Waals surface area contributed by atoms with Gasteiger partial charge in [0.05, 0.1) is 23.6 Å². The van der Waals surface area contributed by atoms with Gasteiger partial charge in [-0.15, -0.1) is 0 Å². The van der Waals surface area contributed by atoms with Crippen LogP contribution in [0.15, 0.2) is 47.6 Å². The topological polar surface area (TPSA) is 28.5 Å². The minimum atomic E-state index is -4.49. The van der Waals surface area contributed by atoms with E-state index in [9.17, 15) is 13.2 Å². The van der Waals surface area contributed by atoms with E-state index in [1.165, 1.54) is 12.1 Å². The zero-order valence-electron chi connectivity index (χ0n) is 10.3. The first kappa shape index (κ1) is 12.7. The molecule has 2 aromatic rings. The molecule has 3 nitrogen and oxygen atoms in total. The summed E-state index contributed by atoms with van der Waals surface area (Å²) in [6, 6.07) is 10.0. The van der Waals surface area contributed by atoms with Crippen molar-refractivity contribution in [3.63, 3.8) is 0 Å². The number of anilines is 2. The fraction of sp³-hybridized carbons (Fsp3) is 0.143. The lowest BCUT2D eigenvalue weighted by atomic mass is 10.1. The predicted molar refractivity (Wildman–Crippen MR) is 70.8 cm³/mol. The number of rotatable bonds is 1. The molecular formula is C14H10F3N3. The molecule has 6 heteroatoms. The van der Waals surface area contributed by atoms with Gasteiger partial charge in [-0.3, -0.25) is 4.99 Å². The van der Waals surface area contributed by atoms with E-state index in [1.54, 1.807) is 35.4 Å². The molecule has 0 bridgehead atoms. The van der Waals surface area contributed by atoms with Crippen LogP contribution in [0.1, 0.15) is 5.69 Å². The van der Waals surface area contributed by atoms with Crippen molar-refractivity contribution in [3.05, 3.63) is 48.3 Å². The van der Waals surface area contributed by atoms with Crippen molar-refractivity contribution in [1.29, 1.82) is 0 Å². The SMILES string of the molecule is FC(F)(F)c1ncccc1N1CC=Nc2ccccc21. The van der Waals surface area contributed by atoms with Crippen molar-refractivity contribution in [2.45, 2.75) is 6.18 Å². The van der Waals surface area contributed by atoms with Gasteiger partial charge in [0.1, 0.15) is 0 Å². The van der Waals surface area contributed by atoms with Crippen molar-refractivity contribution in [2.75, 3.05) is 11.4 Å². The monoisotopic (exact) mass is 277 g/mol. The number of halogens is 3. The van der Waals surface area contributed by atoms with Gasteiger partial charge >= 0.3 is 6.18 Å². The third-order valence-electron chi connectivity index (χ3n) is 3.01. The molecule has 1 aliphatic rings.